The van der Waals surface area contributed by atoms with Gasteiger partial charge in [0.1, 0.15) is 6.04 Å². The first-order valence-electron chi connectivity index (χ1n) is 3.37. The number of hydrogen-bond donors (Lipinski definition) is 1. The Labute approximate surface area is 92.4 Å². The topological polar surface area (TPSA) is 69.2 Å². The molecule has 0 saturated heterocycles. The van der Waals surface area contributed by atoms with Crippen molar-refractivity contribution in [1.82, 2.24) is 0 Å². The highest BCUT2D eigenvalue weighted by Gasteiger charge is 2.38. The van der Waals surface area contributed by atoms with Crippen molar-refractivity contribution < 1.29 is 18.1 Å². The summed E-state index contributed by atoms with van der Waals surface area (Å²) in [5.41, 5.74) is 4.56. The number of halogens is 4. The number of nitrogens with two attached hydrogens (primary N) is 1. The second-order valence-electron chi connectivity index (χ2n) is 2.49. The maximum atomic E-state index is 12.1. The Bertz CT molecular complexity index is 354. The monoisotopic (exact) mass is 262 g/mol. The van der Waals surface area contributed by atoms with Crippen molar-refractivity contribution in [3.63, 3.8) is 0 Å². The van der Waals surface area contributed by atoms with E-state index in [2.05, 4.69) is 0 Å². The van der Waals surface area contributed by atoms with Crippen LogP contribution in [0.1, 0.15) is 11.6 Å². The molecule has 0 spiro atoms. The largest absolute Gasteiger partial charge is 0.407 e. The van der Waals surface area contributed by atoms with Gasteiger partial charge in [-0.25, -0.2) is 0 Å². The van der Waals surface area contributed by atoms with Gasteiger partial charge in [0.15, 0.2) is 0 Å². The lowest BCUT2D eigenvalue weighted by Crippen LogP contribution is -2.27. The minimum Gasteiger partial charge on any atom is -0.316 e. The molecule has 1 heterocycles. The fraction of sp³-hybridized carbons (Fsp3) is 0.333. The van der Waals surface area contributed by atoms with Gasteiger partial charge in [-0.15, -0.1) is 12.4 Å². The van der Waals surface area contributed by atoms with Crippen LogP contribution < -0.4 is 5.73 Å². The molecule has 15 heavy (non-hydrogen) atoms. The molecule has 0 radical (unpaired) electrons. The molecular weight excluding hydrogens is 257 g/mol. The average molecular weight is 263 g/mol. The lowest BCUT2D eigenvalue weighted by Gasteiger charge is -2.13. The Morgan fingerprint density at radius 2 is 2.07 bits per heavy atom. The Balaban J connectivity index is 0.00000196. The number of hydrogen-bond acceptors (Lipinski definition) is 4. The highest BCUT2D eigenvalue weighted by molar-refractivity contribution is 7.13. The fourth-order valence-corrected chi connectivity index (χ4v) is 1.55. The van der Waals surface area contributed by atoms with E-state index in [9.17, 15) is 23.3 Å². The summed E-state index contributed by atoms with van der Waals surface area (Å²) >= 11 is 0.623. The molecule has 1 rings (SSSR count). The molecular formula is C6H6ClF3N2O2S. The normalized spacial score (nSPS) is 13.1. The standard InChI is InChI=1S/C6H5F3N2O2S.ClH/c7-6(8,9)5(10)3-1-4(11(12)13)14-2-3;/h1-2,5H,10H2;1H/t5-;/m0./s1. The Morgan fingerprint density at radius 3 is 2.40 bits per heavy atom. The molecule has 4 nitrogen and oxygen atoms in total. The molecule has 0 amide bonds. The van der Waals surface area contributed by atoms with Gasteiger partial charge in [-0.05, 0) is 5.56 Å². The molecule has 0 bridgehead atoms. The molecule has 1 aromatic heterocycles. The molecule has 0 aliphatic carbocycles. The Morgan fingerprint density at radius 1 is 1.53 bits per heavy atom. The van der Waals surface area contributed by atoms with Gasteiger partial charge in [0.2, 0.25) is 0 Å². The zero-order chi connectivity index (χ0) is 10.9. The summed E-state index contributed by atoms with van der Waals surface area (Å²) in [5.74, 6) is 0. The second-order valence-corrected chi connectivity index (χ2v) is 3.38. The lowest BCUT2D eigenvalue weighted by atomic mass is 10.1. The second kappa shape index (κ2) is 4.77. The number of alkyl halides is 3. The molecule has 0 unspecified atom stereocenters. The smallest absolute Gasteiger partial charge is 0.316 e. The van der Waals surface area contributed by atoms with Gasteiger partial charge in [-0.2, -0.15) is 13.2 Å². The van der Waals surface area contributed by atoms with Gasteiger partial charge >= 0.3 is 11.2 Å². The molecule has 1 aromatic rings. The summed E-state index contributed by atoms with van der Waals surface area (Å²) < 4.78 is 36.2. The minimum atomic E-state index is -4.57. The van der Waals surface area contributed by atoms with Crippen molar-refractivity contribution in [3.05, 3.63) is 27.1 Å². The summed E-state index contributed by atoms with van der Waals surface area (Å²) in [7, 11) is 0. The highest BCUT2D eigenvalue weighted by Crippen LogP contribution is 2.34. The van der Waals surface area contributed by atoms with Crippen molar-refractivity contribution in [3.8, 4) is 0 Å². The third-order valence-corrected chi connectivity index (χ3v) is 2.40. The van der Waals surface area contributed by atoms with E-state index in [1.807, 2.05) is 0 Å². The van der Waals surface area contributed by atoms with Crippen LogP contribution in [0, 0.1) is 10.1 Å². The van der Waals surface area contributed by atoms with Gasteiger partial charge in [0, 0.05) is 11.4 Å². The first-order chi connectivity index (χ1) is 6.32. The SMILES string of the molecule is Cl.N[C@@H](c1csc([N+](=O)[O-])c1)C(F)(F)F. The van der Waals surface area contributed by atoms with Crippen LogP contribution in [-0.4, -0.2) is 11.1 Å². The molecule has 0 aliphatic heterocycles. The summed E-state index contributed by atoms with van der Waals surface area (Å²) in [6.07, 6.45) is -4.57. The van der Waals surface area contributed by atoms with Crippen molar-refractivity contribution in [2.45, 2.75) is 12.2 Å². The fourth-order valence-electron chi connectivity index (χ4n) is 0.787. The van der Waals surface area contributed by atoms with E-state index >= 15 is 0 Å². The highest BCUT2D eigenvalue weighted by atomic mass is 35.5. The molecule has 0 saturated carbocycles. The van der Waals surface area contributed by atoms with Crippen LogP contribution in [0.15, 0.2) is 11.4 Å². The molecule has 0 aliphatic rings. The summed E-state index contributed by atoms with van der Waals surface area (Å²) in [6.45, 7) is 0. The van der Waals surface area contributed by atoms with Crippen LogP contribution in [-0.2, 0) is 0 Å². The maximum Gasteiger partial charge on any atom is 0.407 e. The molecule has 2 N–H and O–H groups in total. The van der Waals surface area contributed by atoms with Gasteiger partial charge in [0.05, 0.1) is 4.92 Å². The quantitative estimate of drug-likeness (QED) is 0.658. The van der Waals surface area contributed by atoms with Gasteiger partial charge in [0.25, 0.3) is 0 Å². The van der Waals surface area contributed by atoms with Crippen LogP contribution in [0.5, 0.6) is 0 Å². The first kappa shape index (κ1) is 14.1. The van der Waals surface area contributed by atoms with E-state index in [0.29, 0.717) is 11.3 Å². The number of thiophene rings is 1. The number of rotatable bonds is 2. The third-order valence-electron chi connectivity index (χ3n) is 1.50. The molecule has 0 fully saturated rings. The molecule has 1 atom stereocenters. The van der Waals surface area contributed by atoms with Gasteiger partial charge in [-0.3, -0.25) is 10.1 Å². The van der Waals surface area contributed by atoms with Crippen LogP contribution in [0.2, 0.25) is 0 Å². The first-order valence-corrected chi connectivity index (χ1v) is 4.25. The van der Waals surface area contributed by atoms with Crippen molar-refractivity contribution in [2.24, 2.45) is 5.73 Å². The third kappa shape index (κ3) is 3.33. The zero-order valence-electron chi connectivity index (χ0n) is 7.02. The van der Waals surface area contributed by atoms with E-state index < -0.39 is 17.1 Å². The predicted octanol–water partition coefficient (Wildman–Crippen LogP) is 2.64. The van der Waals surface area contributed by atoms with Crippen LogP contribution in [0.3, 0.4) is 0 Å². The van der Waals surface area contributed by atoms with E-state index in [1.165, 1.54) is 0 Å². The van der Waals surface area contributed by atoms with E-state index in [0.717, 1.165) is 11.4 Å². The van der Waals surface area contributed by atoms with Crippen LogP contribution >= 0.6 is 23.7 Å². The van der Waals surface area contributed by atoms with Crippen LogP contribution in [0.4, 0.5) is 18.2 Å². The Kier molecular flexibility index (Phi) is 4.50. The number of nitro groups is 1. The summed E-state index contributed by atoms with van der Waals surface area (Å²) in [5, 5.41) is 10.9. The average Bonchev–Trinajstić information content (AvgIpc) is 2.48. The van der Waals surface area contributed by atoms with Crippen molar-refractivity contribution >= 4 is 28.7 Å². The van der Waals surface area contributed by atoms with Crippen molar-refractivity contribution in [2.75, 3.05) is 0 Å². The summed E-state index contributed by atoms with van der Waals surface area (Å²) in [6, 6.07) is -1.32. The summed E-state index contributed by atoms with van der Waals surface area (Å²) in [4.78, 5) is 9.43. The van der Waals surface area contributed by atoms with E-state index in [4.69, 9.17) is 5.73 Å². The van der Waals surface area contributed by atoms with Gasteiger partial charge < -0.3 is 5.73 Å². The molecule has 9 heteroatoms. The van der Waals surface area contributed by atoms with E-state index in [1.54, 1.807) is 0 Å². The van der Waals surface area contributed by atoms with Gasteiger partial charge in [-0.1, -0.05) is 11.3 Å². The minimum absolute atomic E-state index is 0. The lowest BCUT2D eigenvalue weighted by molar-refractivity contribution is -0.380. The molecule has 86 valence electrons. The zero-order valence-corrected chi connectivity index (χ0v) is 8.66. The molecule has 0 aromatic carbocycles. The predicted molar refractivity (Wildman–Crippen MR) is 51.2 cm³/mol. The van der Waals surface area contributed by atoms with E-state index in [-0.39, 0.29) is 23.0 Å². The maximum absolute atomic E-state index is 12.1. The number of nitrogens with zero attached hydrogens (tertiary/aromatic N) is 1. The van der Waals surface area contributed by atoms with Crippen LogP contribution in [0.25, 0.3) is 0 Å². The van der Waals surface area contributed by atoms with Crippen molar-refractivity contribution in [1.29, 1.82) is 0 Å². The Hall–Kier alpha value is -0.860.